The van der Waals surface area contributed by atoms with Crippen LogP contribution >= 0.6 is 0 Å². The zero-order valence-electron chi connectivity index (χ0n) is 15.4. The summed E-state index contributed by atoms with van der Waals surface area (Å²) in [5.41, 5.74) is 2.97. The van der Waals surface area contributed by atoms with Gasteiger partial charge in [0.25, 0.3) is 0 Å². The first kappa shape index (κ1) is 17.6. The summed E-state index contributed by atoms with van der Waals surface area (Å²) in [4.78, 5) is 11.4. The first-order chi connectivity index (χ1) is 13.2. The maximum atomic E-state index is 9.35. The molecule has 1 aliphatic rings. The molecule has 3 heterocycles. The van der Waals surface area contributed by atoms with Crippen molar-refractivity contribution in [3.05, 3.63) is 54.0 Å². The number of nitrogens with zero attached hydrogens (tertiary/aromatic N) is 5. The third-order valence-electron chi connectivity index (χ3n) is 4.59. The van der Waals surface area contributed by atoms with Gasteiger partial charge in [0, 0.05) is 36.8 Å². The molecule has 1 saturated heterocycles. The van der Waals surface area contributed by atoms with E-state index in [-0.39, 0.29) is 6.61 Å². The van der Waals surface area contributed by atoms with Gasteiger partial charge in [-0.1, -0.05) is 30.3 Å². The predicted molar refractivity (Wildman–Crippen MR) is 103 cm³/mol. The van der Waals surface area contributed by atoms with Crippen molar-refractivity contribution in [3.63, 3.8) is 0 Å². The van der Waals surface area contributed by atoms with Gasteiger partial charge in [0.15, 0.2) is 5.82 Å². The Balaban J connectivity index is 1.74. The Morgan fingerprint density at radius 2 is 1.78 bits per heavy atom. The molecule has 0 amide bonds. The number of aliphatic hydroxyl groups is 1. The van der Waals surface area contributed by atoms with E-state index in [0.717, 1.165) is 41.7 Å². The third-order valence-corrected chi connectivity index (χ3v) is 4.59. The standard InChI is InChI=1S/C20H23N5O2/c1-15-13-17(16-5-3-2-4-6-16)23-25(15)20-14-19(21-18(22-20)7-10-26)24-8-11-27-12-9-24/h2-6,13-14,26H,7-12H2,1H3. The van der Waals surface area contributed by atoms with Crippen molar-refractivity contribution >= 4 is 5.82 Å². The molecule has 140 valence electrons. The summed E-state index contributed by atoms with van der Waals surface area (Å²) in [6, 6.07) is 14.1. The molecule has 0 spiro atoms. The number of aryl methyl sites for hydroxylation is 1. The summed E-state index contributed by atoms with van der Waals surface area (Å²) < 4.78 is 7.28. The monoisotopic (exact) mass is 365 g/mol. The van der Waals surface area contributed by atoms with Gasteiger partial charge in [-0.05, 0) is 13.0 Å². The van der Waals surface area contributed by atoms with Gasteiger partial charge in [-0.25, -0.2) is 14.6 Å². The minimum Gasteiger partial charge on any atom is -0.396 e. The van der Waals surface area contributed by atoms with E-state index < -0.39 is 0 Å². The van der Waals surface area contributed by atoms with Crippen molar-refractivity contribution in [1.82, 2.24) is 19.7 Å². The van der Waals surface area contributed by atoms with Crippen LogP contribution in [0.15, 0.2) is 42.5 Å². The highest BCUT2D eigenvalue weighted by molar-refractivity contribution is 5.60. The van der Waals surface area contributed by atoms with Crippen LogP contribution in [0.4, 0.5) is 5.82 Å². The molecule has 0 atom stereocenters. The molecule has 7 heteroatoms. The van der Waals surface area contributed by atoms with E-state index in [1.54, 1.807) is 0 Å². The van der Waals surface area contributed by atoms with E-state index in [4.69, 9.17) is 9.84 Å². The molecule has 0 aliphatic carbocycles. The summed E-state index contributed by atoms with van der Waals surface area (Å²) in [5, 5.41) is 14.1. The molecule has 4 rings (SSSR count). The van der Waals surface area contributed by atoms with E-state index in [2.05, 4.69) is 20.9 Å². The fourth-order valence-electron chi connectivity index (χ4n) is 3.20. The van der Waals surface area contributed by atoms with Crippen LogP contribution in [-0.2, 0) is 11.2 Å². The fourth-order valence-corrected chi connectivity index (χ4v) is 3.20. The predicted octanol–water partition coefficient (Wildman–Crippen LogP) is 2.01. The second-order valence-corrected chi connectivity index (χ2v) is 6.52. The normalized spacial score (nSPS) is 14.5. The summed E-state index contributed by atoms with van der Waals surface area (Å²) in [7, 11) is 0. The van der Waals surface area contributed by atoms with E-state index in [0.29, 0.717) is 25.5 Å². The van der Waals surface area contributed by atoms with Gasteiger partial charge in [0.2, 0.25) is 0 Å². The molecule has 3 aromatic rings. The lowest BCUT2D eigenvalue weighted by molar-refractivity contribution is 0.122. The Hall–Kier alpha value is -2.77. The molecule has 1 aliphatic heterocycles. The first-order valence-corrected chi connectivity index (χ1v) is 9.18. The number of aliphatic hydroxyl groups excluding tert-OH is 1. The SMILES string of the molecule is Cc1cc(-c2ccccc2)nn1-c1cc(N2CCOCC2)nc(CCO)n1. The van der Waals surface area contributed by atoms with Crippen LogP contribution < -0.4 is 4.90 Å². The van der Waals surface area contributed by atoms with Crippen molar-refractivity contribution in [1.29, 1.82) is 0 Å². The van der Waals surface area contributed by atoms with Crippen molar-refractivity contribution in [2.45, 2.75) is 13.3 Å². The molecule has 7 nitrogen and oxygen atoms in total. The van der Waals surface area contributed by atoms with Crippen molar-refractivity contribution in [2.75, 3.05) is 37.8 Å². The average molecular weight is 365 g/mol. The van der Waals surface area contributed by atoms with Crippen molar-refractivity contribution in [3.8, 4) is 17.1 Å². The summed E-state index contributed by atoms with van der Waals surface area (Å²) in [5.74, 6) is 2.19. The van der Waals surface area contributed by atoms with Gasteiger partial charge in [-0.3, -0.25) is 0 Å². The summed E-state index contributed by atoms with van der Waals surface area (Å²) in [6.07, 6.45) is 0.414. The van der Waals surface area contributed by atoms with Crippen molar-refractivity contribution in [2.24, 2.45) is 0 Å². The van der Waals surface area contributed by atoms with Crippen molar-refractivity contribution < 1.29 is 9.84 Å². The van der Waals surface area contributed by atoms with Crippen LogP contribution in [0.1, 0.15) is 11.5 Å². The van der Waals surface area contributed by atoms with Gasteiger partial charge < -0.3 is 14.7 Å². The van der Waals surface area contributed by atoms with E-state index in [1.807, 2.05) is 48.0 Å². The van der Waals surface area contributed by atoms with Crippen LogP contribution in [0.2, 0.25) is 0 Å². The molecule has 1 aromatic carbocycles. The molecular weight excluding hydrogens is 342 g/mol. The number of ether oxygens (including phenoxy) is 1. The van der Waals surface area contributed by atoms with Crippen LogP contribution in [0.25, 0.3) is 17.1 Å². The number of rotatable bonds is 5. The zero-order chi connectivity index (χ0) is 18.6. The lowest BCUT2D eigenvalue weighted by Gasteiger charge is -2.28. The Morgan fingerprint density at radius 3 is 2.52 bits per heavy atom. The second kappa shape index (κ2) is 7.85. The molecule has 1 fully saturated rings. The number of hydrogen-bond acceptors (Lipinski definition) is 6. The maximum Gasteiger partial charge on any atom is 0.159 e. The number of aromatic nitrogens is 4. The van der Waals surface area contributed by atoms with Gasteiger partial charge in [-0.2, -0.15) is 5.10 Å². The molecule has 0 bridgehead atoms. The van der Waals surface area contributed by atoms with E-state index in [9.17, 15) is 5.11 Å². The van der Waals surface area contributed by atoms with Gasteiger partial charge >= 0.3 is 0 Å². The lowest BCUT2D eigenvalue weighted by atomic mass is 10.1. The first-order valence-electron chi connectivity index (χ1n) is 9.18. The largest absolute Gasteiger partial charge is 0.396 e. The summed E-state index contributed by atoms with van der Waals surface area (Å²) >= 11 is 0. The lowest BCUT2D eigenvalue weighted by Crippen LogP contribution is -2.37. The topological polar surface area (TPSA) is 76.3 Å². The molecule has 2 aromatic heterocycles. The van der Waals surface area contributed by atoms with Gasteiger partial charge in [0.1, 0.15) is 11.6 Å². The number of morpholine rings is 1. The molecule has 0 saturated carbocycles. The van der Waals surface area contributed by atoms with E-state index in [1.165, 1.54) is 0 Å². The highest BCUT2D eigenvalue weighted by Gasteiger charge is 2.17. The van der Waals surface area contributed by atoms with Crippen LogP contribution in [0, 0.1) is 6.92 Å². The maximum absolute atomic E-state index is 9.35. The summed E-state index contributed by atoms with van der Waals surface area (Å²) in [6.45, 7) is 4.99. The third kappa shape index (κ3) is 3.84. The number of hydrogen-bond donors (Lipinski definition) is 1. The molecule has 27 heavy (non-hydrogen) atoms. The second-order valence-electron chi connectivity index (χ2n) is 6.52. The molecule has 0 unspecified atom stereocenters. The number of benzene rings is 1. The Bertz CT molecular complexity index is 904. The van der Waals surface area contributed by atoms with E-state index >= 15 is 0 Å². The smallest absolute Gasteiger partial charge is 0.159 e. The van der Waals surface area contributed by atoms with Crippen LogP contribution in [0.5, 0.6) is 0 Å². The van der Waals surface area contributed by atoms with Crippen LogP contribution in [-0.4, -0.2) is 57.8 Å². The average Bonchev–Trinajstić information content (AvgIpc) is 3.11. The zero-order valence-corrected chi connectivity index (χ0v) is 15.4. The number of anilines is 1. The Kier molecular flexibility index (Phi) is 5.13. The minimum absolute atomic E-state index is 0.0133. The Labute approximate surface area is 158 Å². The Morgan fingerprint density at radius 1 is 1.04 bits per heavy atom. The van der Waals surface area contributed by atoms with Gasteiger partial charge in [-0.15, -0.1) is 0 Å². The molecule has 0 radical (unpaired) electrons. The molecule has 1 N–H and O–H groups in total. The highest BCUT2D eigenvalue weighted by atomic mass is 16.5. The quantitative estimate of drug-likeness (QED) is 0.745. The fraction of sp³-hybridized carbons (Fsp3) is 0.350. The van der Waals surface area contributed by atoms with Gasteiger partial charge in [0.05, 0.1) is 25.5 Å². The highest BCUT2D eigenvalue weighted by Crippen LogP contribution is 2.22. The van der Waals surface area contributed by atoms with Crippen LogP contribution in [0.3, 0.4) is 0 Å². The molecular formula is C20H23N5O2. The minimum atomic E-state index is 0.0133.